The molecule has 1 rings (SSSR count). The van der Waals surface area contributed by atoms with E-state index in [1.165, 1.54) is 13.1 Å². The Labute approximate surface area is 29.4 Å². The van der Waals surface area contributed by atoms with E-state index in [2.05, 4.69) is 5.32 Å². The van der Waals surface area contributed by atoms with Crippen LogP contribution in [-0.2, 0) is 0 Å². The highest BCUT2D eigenvalue weighted by Gasteiger charge is 1.91. The second-order valence-corrected chi connectivity index (χ2v) is 0.750. The van der Waals surface area contributed by atoms with Crippen LogP contribution >= 0.6 is 9.90 Å². The number of hydrogen-bond acceptors (Lipinski definition) is 1. The molecule has 1 fully saturated rings. The van der Waals surface area contributed by atoms with E-state index in [9.17, 15) is 0 Å². The minimum Gasteiger partial charge on any atom is -0.314 e. The Bertz CT molecular complexity index is 10.8. The van der Waals surface area contributed by atoms with Crippen LogP contribution in [-0.4, -0.2) is 13.1 Å². The minimum atomic E-state index is 0. The number of nitrogens with one attached hydrogen (secondary N) is 1. The summed E-state index contributed by atoms with van der Waals surface area (Å²) in [5, 5.41) is 3.00. The molecule has 0 aromatic rings. The SMILES string of the molecule is C1CN1.[P]. The second-order valence-electron chi connectivity index (χ2n) is 0.750. The van der Waals surface area contributed by atoms with Gasteiger partial charge in [-0.25, -0.2) is 0 Å². The molecule has 3 radical (unpaired) electrons. The average Bonchev–Trinajstić information content (AvgIpc) is 1.46. The van der Waals surface area contributed by atoms with Crippen LogP contribution in [0.15, 0.2) is 0 Å². The Kier molecular flexibility index (Phi) is 1.85. The van der Waals surface area contributed by atoms with E-state index in [1.807, 2.05) is 0 Å². The number of rotatable bonds is 0. The zero-order valence-corrected chi connectivity index (χ0v) is 3.26. The average molecular weight is 74.0 g/mol. The summed E-state index contributed by atoms with van der Waals surface area (Å²) in [6.07, 6.45) is 0. The summed E-state index contributed by atoms with van der Waals surface area (Å²) in [4.78, 5) is 0. The summed E-state index contributed by atoms with van der Waals surface area (Å²) in [6, 6.07) is 0. The van der Waals surface area contributed by atoms with Crippen molar-refractivity contribution in [3.8, 4) is 0 Å². The third-order valence-electron chi connectivity index (χ3n) is 0.250. The summed E-state index contributed by atoms with van der Waals surface area (Å²) in [5.41, 5.74) is 0. The van der Waals surface area contributed by atoms with Crippen LogP contribution in [0.25, 0.3) is 0 Å². The van der Waals surface area contributed by atoms with Crippen LogP contribution < -0.4 is 5.32 Å². The van der Waals surface area contributed by atoms with Gasteiger partial charge in [0.15, 0.2) is 0 Å². The first-order valence-corrected chi connectivity index (χ1v) is 1.21. The van der Waals surface area contributed by atoms with Crippen molar-refractivity contribution in [3.05, 3.63) is 0 Å². The largest absolute Gasteiger partial charge is 0.314 e. The van der Waals surface area contributed by atoms with Gasteiger partial charge >= 0.3 is 0 Å². The van der Waals surface area contributed by atoms with Crippen molar-refractivity contribution in [1.29, 1.82) is 0 Å². The molecule has 1 N–H and O–H groups in total. The Balaban J connectivity index is 0.0000000900. The second kappa shape index (κ2) is 1.68. The summed E-state index contributed by atoms with van der Waals surface area (Å²) < 4.78 is 0. The molecule has 0 bridgehead atoms. The van der Waals surface area contributed by atoms with Crippen molar-refractivity contribution < 1.29 is 0 Å². The Morgan fingerprint density at radius 3 is 1.50 bits per heavy atom. The lowest BCUT2D eigenvalue weighted by Gasteiger charge is -1.21. The molecule has 1 aliphatic rings. The predicted octanol–water partition coefficient (Wildman–Crippen LogP) is 0.451. The Morgan fingerprint density at radius 1 is 1.25 bits per heavy atom. The maximum atomic E-state index is 3.00. The van der Waals surface area contributed by atoms with Gasteiger partial charge in [0, 0.05) is 23.0 Å². The molecular weight excluding hydrogens is 69.0 g/mol. The van der Waals surface area contributed by atoms with E-state index in [0.29, 0.717) is 0 Å². The molecule has 0 aliphatic carbocycles. The van der Waals surface area contributed by atoms with Crippen LogP contribution in [0.1, 0.15) is 0 Å². The minimum absolute atomic E-state index is 0. The molecule has 0 aromatic carbocycles. The van der Waals surface area contributed by atoms with Crippen LogP contribution in [0.4, 0.5) is 0 Å². The van der Waals surface area contributed by atoms with Gasteiger partial charge in [-0.1, -0.05) is 0 Å². The first kappa shape index (κ1) is 4.39. The van der Waals surface area contributed by atoms with Gasteiger partial charge < -0.3 is 5.32 Å². The molecule has 4 heavy (non-hydrogen) atoms. The summed E-state index contributed by atoms with van der Waals surface area (Å²) in [6.45, 7) is 2.50. The normalized spacial score (nSPS) is 18.0. The van der Waals surface area contributed by atoms with Crippen molar-refractivity contribution in [3.63, 3.8) is 0 Å². The lowest BCUT2D eigenvalue weighted by atomic mass is 11.0. The monoisotopic (exact) mass is 74.0 g/mol. The fourth-order valence-electron chi connectivity index (χ4n) is 0. The Hall–Kier alpha value is 0.390. The van der Waals surface area contributed by atoms with Gasteiger partial charge in [0.05, 0.1) is 0 Å². The van der Waals surface area contributed by atoms with Crippen LogP contribution in [0.5, 0.6) is 0 Å². The molecular formula is C2H5NP. The molecule has 1 aliphatic heterocycles. The highest BCUT2D eigenvalue weighted by Crippen LogP contribution is 1.65. The van der Waals surface area contributed by atoms with Gasteiger partial charge in [-0.3, -0.25) is 0 Å². The first-order chi connectivity index (χ1) is 1.50. The van der Waals surface area contributed by atoms with Crippen LogP contribution in [0.3, 0.4) is 0 Å². The van der Waals surface area contributed by atoms with E-state index in [4.69, 9.17) is 0 Å². The summed E-state index contributed by atoms with van der Waals surface area (Å²) in [7, 11) is 0. The van der Waals surface area contributed by atoms with Gasteiger partial charge in [0.25, 0.3) is 0 Å². The van der Waals surface area contributed by atoms with Gasteiger partial charge in [-0.05, 0) is 0 Å². The van der Waals surface area contributed by atoms with Gasteiger partial charge in [0.1, 0.15) is 0 Å². The van der Waals surface area contributed by atoms with E-state index in [0.717, 1.165) is 0 Å². The fourth-order valence-corrected chi connectivity index (χ4v) is 0. The van der Waals surface area contributed by atoms with Crippen molar-refractivity contribution in [2.75, 3.05) is 13.1 Å². The van der Waals surface area contributed by atoms with Crippen molar-refractivity contribution in [1.82, 2.24) is 5.32 Å². The predicted molar refractivity (Wildman–Crippen MR) is 19.8 cm³/mol. The molecule has 1 nitrogen and oxygen atoms in total. The molecule has 2 heteroatoms. The number of hydrogen-bond donors (Lipinski definition) is 1. The van der Waals surface area contributed by atoms with E-state index in [-0.39, 0.29) is 9.90 Å². The third-order valence-corrected chi connectivity index (χ3v) is 0.250. The molecule has 0 atom stereocenters. The molecule has 23 valence electrons. The summed E-state index contributed by atoms with van der Waals surface area (Å²) >= 11 is 0. The standard InChI is InChI=1S/C2H5N.P/c1-2-3-1;/h3H,1-2H2;. The van der Waals surface area contributed by atoms with E-state index in [1.54, 1.807) is 0 Å². The molecule has 0 spiro atoms. The Morgan fingerprint density at radius 2 is 1.50 bits per heavy atom. The van der Waals surface area contributed by atoms with Gasteiger partial charge in [-0.15, -0.1) is 0 Å². The molecule has 0 unspecified atom stereocenters. The molecule has 1 heterocycles. The highest BCUT2D eigenvalue weighted by molar-refractivity contribution is 6.92. The molecule has 0 amide bonds. The zero-order valence-electron chi connectivity index (χ0n) is 2.36. The van der Waals surface area contributed by atoms with Gasteiger partial charge in [0.2, 0.25) is 0 Å². The first-order valence-electron chi connectivity index (χ1n) is 1.21. The lowest BCUT2D eigenvalue weighted by molar-refractivity contribution is 1.34. The van der Waals surface area contributed by atoms with E-state index >= 15 is 0 Å². The lowest BCUT2D eigenvalue weighted by Crippen LogP contribution is -1.56. The van der Waals surface area contributed by atoms with Crippen molar-refractivity contribution >= 4 is 9.90 Å². The quantitative estimate of drug-likeness (QED) is 0.327. The molecule has 1 saturated heterocycles. The van der Waals surface area contributed by atoms with Crippen molar-refractivity contribution in [2.24, 2.45) is 0 Å². The third kappa shape index (κ3) is 2.39. The summed E-state index contributed by atoms with van der Waals surface area (Å²) in [5.74, 6) is 0. The maximum Gasteiger partial charge on any atom is 0.00772 e. The van der Waals surface area contributed by atoms with E-state index < -0.39 is 0 Å². The van der Waals surface area contributed by atoms with Crippen LogP contribution in [0.2, 0.25) is 0 Å². The molecule has 0 saturated carbocycles. The van der Waals surface area contributed by atoms with Gasteiger partial charge in [-0.2, -0.15) is 0 Å². The fraction of sp³-hybridized carbons (Fsp3) is 1.00. The zero-order chi connectivity index (χ0) is 2.12. The maximum absolute atomic E-state index is 3.00. The smallest absolute Gasteiger partial charge is 0.00772 e. The van der Waals surface area contributed by atoms with Crippen LogP contribution in [0, 0.1) is 0 Å². The van der Waals surface area contributed by atoms with Crippen molar-refractivity contribution in [2.45, 2.75) is 0 Å². The molecule has 0 aromatic heterocycles. The topological polar surface area (TPSA) is 21.9 Å². The highest BCUT2D eigenvalue weighted by atomic mass is 31.0.